The molecule has 1 aliphatic carbocycles. The summed E-state index contributed by atoms with van der Waals surface area (Å²) in [4.78, 5) is 11.4. The van der Waals surface area contributed by atoms with Crippen LogP contribution < -0.4 is 5.32 Å². The third kappa shape index (κ3) is 2.98. The van der Waals surface area contributed by atoms with E-state index in [4.69, 9.17) is 4.74 Å². The van der Waals surface area contributed by atoms with Gasteiger partial charge >= 0.3 is 5.97 Å². The molecule has 0 saturated heterocycles. The van der Waals surface area contributed by atoms with E-state index in [-0.39, 0.29) is 12.0 Å². The summed E-state index contributed by atoms with van der Waals surface area (Å²) < 4.78 is 4.95. The average Bonchev–Trinajstić information content (AvgIpc) is 2.52. The summed E-state index contributed by atoms with van der Waals surface area (Å²) in [6, 6.07) is 0.329. The van der Waals surface area contributed by atoms with Crippen molar-refractivity contribution in [2.75, 3.05) is 6.61 Å². The minimum Gasteiger partial charge on any atom is -0.465 e. The molecular formula is C11H21NO2. The van der Waals surface area contributed by atoms with Gasteiger partial charge in [0.05, 0.1) is 6.61 Å². The molecule has 0 heterocycles. The first-order valence-corrected chi connectivity index (χ1v) is 5.57. The molecule has 1 aliphatic rings. The lowest BCUT2D eigenvalue weighted by Gasteiger charge is -2.21. The van der Waals surface area contributed by atoms with E-state index in [9.17, 15) is 4.79 Å². The highest BCUT2D eigenvalue weighted by Crippen LogP contribution is 2.25. The van der Waals surface area contributed by atoms with Crippen LogP contribution in [0, 0.1) is 5.92 Å². The van der Waals surface area contributed by atoms with Gasteiger partial charge in [-0.2, -0.15) is 0 Å². The molecule has 1 saturated carbocycles. The van der Waals surface area contributed by atoms with Crippen molar-refractivity contribution in [2.24, 2.45) is 5.92 Å². The molecule has 0 bridgehead atoms. The van der Waals surface area contributed by atoms with Gasteiger partial charge in [0, 0.05) is 6.04 Å². The summed E-state index contributed by atoms with van der Waals surface area (Å²) in [6.07, 6.45) is 3.73. The van der Waals surface area contributed by atoms with Gasteiger partial charge in [-0.25, -0.2) is 0 Å². The predicted molar refractivity (Wildman–Crippen MR) is 56.0 cm³/mol. The van der Waals surface area contributed by atoms with Gasteiger partial charge in [0.2, 0.25) is 0 Å². The van der Waals surface area contributed by atoms with E-state index in [1.165, 1.54) is 19.3 Å². The number of hydrogen-bond donors (Lipinski definition) is 1. The molecule has 3 unspecified atom stereocenters. The molecule has 0 aromatic heterocycles. The van der Waals surface area contributed by atoms with Gasteiger partial charge in [0.1, 0.15) is 6.04 Å². The normalized spacial score (nSPS) is 28.8. The molecule has 1 N–H and O–H groups in total. The van der Waals surface area contributed by atoms with Crippen LogP contribution in [0.3, 0.4) is 0 Å². The molecule has 82 valence electrons. The van der Waals surface area contributed by atoms with E-state index >= 15 is 0 Å². The summed E-state index contributed by atoms with van der Waals surface area (Å²) in [6.45, 7) is 6.42. The van der Waals surface area contributed by atoms with Crippen molar-refractivity contribution >= 4 is 5.97 Å². The van der Waals surface area contributed by atoms with Crippen molar-refractivity contribution in [1.82, 2.24) is 5.32 Å². The lowest BCUT2D eigenvalue weighted by atomic mass is 10.1. The Morgan fingerprint density at radius 1 is 1.57 bits per heavy atom. The molecule has 14 heavy (non-hydrogen) atoms. The molecule has 0 radical (unpaired) electrons. The van der Waals surface area contributed by atoms with Crippen molar-refractivity contribution in [3.63, 3.8) is 0 Å². The van der Waals surface area contributed by atoms with E-state index in [1.54, 1.807) is 0 Å². The summed E-state index contributed by atoms with van der Waals surface area (Å²) in [5.41, 5.74) is 0. The predicted octanol–water partition coefficient (Wildman–Crippen LogP) is 1.72. The van der Waals surface area contributed by atoms with E-state index in [0.29, 0.717) is 18.6 Å². The van der Waals surface area contributed by atoms with Crippen LogP contribution in [0.4, 0.5) is 0 Å². The molecular weight excluding hydrogens is 178 g/mol. The highest BCUT2D eigenvalue weighted by Gasteiger charge is 2.26. The maximum absolute atomic E-state index is 11.4. The second-order valence-electron chi connectivity index (χ2n) is 4.16. The van der Waals surface area contributed by atoms with Gasteiger partial charge in [0.15, 0.2) is 0 Å². The van der Waals surface area contributed by atoms with Crippen molar-refractivity contribution in [3.05, 3.63) is 0 Å². The fourth-order valence-corrected chi connectivity index (χ4v) is 2.05. The Bertz CT molecular complexity index is 194. The van der Waals surface area contributed by atoms with Crippen LogP contribution in [-0.4, -0.2) is 24.7 Å². The molecule has 3 heteroatoms. The van der Waals surface area contributed by atoms with Gasteiger partial charge < -0.3 is 10.1 Å². The van der Waals surface area contributed by atoms with E-state index in [0.717, 1.165) is 0 Å². The van der Waals surface area contributed by atoms with Crippen LogP contribution in [0.2, 0.25) is 0 Å². The molecule has 0 aliphatic heterocycles. The molecule has 1 rings (SSSR count). The lowest BCUT2D eigenvalue weighted by Crippen LogP contribution is -2.43. The third-order valence-electron chi connectivity index (χ3n) is 2.97. The van der Waals surface area contributed by atoms with Crippen molar-refractivity contribution in [3.8, 4) is 0 Å². The summed E-state index contributed by atoms with van der Waals surface area (Å²) >= 11 is 0. The lowest BCUT2D eigenvalue weighted by molar-refractivity contribution is -0.145. The Hall–Kier alpha value is -0.570. The van der Waals surface area contributed by atoms with Crippen molar-refractivity contribution < 1.29 is 9.53 Å². The van der Waals surface area contributed by atoms with Gasteiger partial charge in [-0.3, -0.25) is 4.79 Å². The summed E-state index contributed by atoms with van der Waals surface area (Å²) in [7, 11) is 0. The van der Waals surface area contributed by atoms with Crippen LogP contribution in [0.15, 0.2) is 0 Å². The number of hydrogen-bond acceptors (Lipinski definition) is 3. The molecule has 3 nitrogen and oxygen atoms in total. The molecule has 1 fully saturated rings. The first kappa shape index (κ1) is 11.5. The zero-order valence-electron chi connectivity index (χ0n) is 9.38. The first-order chi connectivity index (χ1) is 6.65. The first-order valence-electron chi connectivity index (χ1n) is 5.57. The molecule has 0 aromatic rings. The second-order valence-corrected chi connectivity index (χ2v) is 4.16. The Labute approximate surface area is 86.2 Å². The molecule has 0 amide bonds. The topological polar surface area (TPSA) is 38.3 Å². The Kier molecular flexibility index (Phi) is 4.39. The van der Waals surface area contributed by atoms with Crippen molar-refractivity contribution in [2.45, 2.75) is 52.1 Å². The Balaban J connectivity index is 2.32. The Morgan fingerprint density at radius 2 is 2.29 bits per heavy atom. The van der Waals surface area contributed by atoms with Crippen LogP contribution in [0.5, 0.6) is 0 Å². The molecule has 0 spiro atoms. The zero-order chi connectivity index (χ0) is 10.6. The number of carbonyl (C=O) groups excluding carboxylic acids is 1. The fourth-order valence-electron chi connectivity index (χ4n) is 2.05. The quantitative estimate of drug-likeness (QED) is 0.701. The van der Waals surface area contributed by atoms with Crippen molar-refractivity contribution in [1.29, 1.82) is 0 Å². The molecule has 3 atom stereocenters. The van der Waals surface area contributed by atoms with Crippen LogP contribution in [0.25, 0.3) is 0 Å². The maximum Gasteiger partial charge on any atom is 0.322 e. The summed E-state index contributed by atoms with van der Waals surface area (Å²) in [5.74, 6) is 0.554. The number of ether oxygens (including phenoxy) is 1. The van der Waals surface area contributed by atoms with E-state index < -0.39 is 0 Å². The van der Waals surface area contributed by atoms with Gasteiger partial charge in [-0.15, -0.1) is 0 Å². The van der Waals surface area contributed by atoms with Crippen LogP contribution >= 0.6 is 0 Å². The van der Waals surface area contributed by atoms with Gasteiger partial charge in [-0.05, 0) is 32.6 Å². The third-order valence-corrected chi connectivity index (χ3v) is 2.97. The number of rotatable bonds is 4. The highest BCUT2D eigenvalue weighted by atomic mass is 16.5. The summed E-state index contributed by atoms with van der Waals surface area (Å²) in [5, 5.41) is 3.34. The smallest absolute Gasteiger partial charge is 0.322 e. The van der Waals surface area contributed by atoms with Crippen LogP contribution in [0.1, 0.15) is 40.0 Å². The zero-order valence-corrected chi connectivity index (χ0v) is 9.38. The average molecular weight is 199 g/mol. The largest absolute Gasteiger partial charge is 0.465 e. The molecule has 0 aromatic carbocycles. The minimum absolute atomic E-state index is 0.133. The monoisotopic (exact) mass is 199 g/mol. The second kappa shape index (κ2) is 5.35. The Morgan fingerprint density at radius 3 is 2.79 bits per heavy atom. The SMILES string of the molecule is CCOC(=O)C(C)NC1CCCC1C. The fraction of sp³-hybridized carbons (Fsp3) is 0.909. The number of nitrogens with one attached hydrogen (secondary N) is 1. The van der Waals surface area contributed by atoms with Crippen LogP contribution in [-0.2, 0) is 9.53 Å². The number of carbonyl (C=O) groups is 1. The van der Waals surface area contributed by atoms with Gasteiger partial charge in [-0.1, -0.05) is 13.3 Å². The minimum atomic E-state index is -0.166. The standard InChI is InChI=1S/C11H21NO2/c1-4-14-11(13)9(3)12-10-7-5-6-8(10)2/h8-10,12H,4-7H2,1-3H3. The van der Waals surface area contributed by atoms with Gasteiger partial charge in [0.25, 0.3) is 0 Å². The highest BCUT2D eigenvalue weighted by molar-refractivity contribution is 5.75. The number of esters is 1. The maximum atomic E-state index is 11.4. The van der Waals surface area contributed by atoms with E-state index in [2.05, 4.69) is 12.2 Å². The van der Waals surface area contributed by atoms with E-state index in [1.807, 2.05) is 13.8 Å².